The van der Waals surface area contributed by atoms with Crippen molar-refractivity contribution in [2.45, 2.75) is 18.9 Å². The van der Waals surface area contributed by atoms with Crippen LogP contribution in [0.4, 0.5) is 19.0 Å². The maximum absolute atomic E-state index is 12.3. The summed E-state index contributed by atoms with van der Waals surface area (Å²) in [7, 11) is 0. The number of carbonyl (C=O) groups is 1. The van der Waals surface area contributed by atoms with Gasteiger partial charge in [-0.2, -0.15) is 0 Å². The van der Waals surface area contributed by atoms with Crippen LogP contribution in [0.15, 0.2) is 54.7 Å². The predicted octanol–water partition coefficient (Wildman–Crippen LogP) is 3.31. The van der Waals surface area contributed by atoms with Crippen molar-refractivity contribution in [1.29, 1.82) is 0 Å². The van der Waals surface area contributed by atoms with Crippen LogP contribution in [-0.2, 0) is 11.3 Å². The van der Waals surface area contributed by atoms with Gasteiger partial charge in [-0.1, -0.05) is 24.3 Å². The van der Waals surface area contributed by atoms with E-state index in [1.165, 1.54) is 35.0 Å². The van der Waals surface area contributed by atoms with E-state index in [2.05, 4.69) is 15.0 Å². The van der Waals surface area contributed by atoms with Gasteiger partial charge in [-0.25, -0.2) is 0 Å². The molecule has 0 aliphatic carbocycles. The number of nitrogens with one attached hydrogen (secondary N) is 1. The van der Waals surface area contributed by atoms with Crippen LogP contribution in [0.1, 0.15) is 0 Å². The number of imidazole rings is 1. The van der Waals surface area contributed by atoms with E-state index in [0.717, 1.165) is 5.56 Å². The lowest BCUT2D eigenvalue weighted by Gasteiger charge is -2.23. The highest BCUT2D eigenvalue weighted by Gasteiger charge is 2.31. The highest BCUT2D eigenvalue weighted by atomic mass is 19.4. The zero-order chi connectivity index (χ0) is 24.3. The van der Waals surface area contributed by atoms with Crippen molar-refractivity contribution >= 4 is 11.7 Å². The first-order valence-electron chi connectivity index (χ1n) is 9.89. The fourth-order valence-electron chi connectivity index (χ4n) is 3.28. The molecule has 0 bridgehead atoms. The summed E-state index contributed by atoms with van der Waals surface area (Å²) in [6.07, 6.45) is -3.51. The third-order valence-electron chi connectivity index (χ3n) is 4.76. The van der Waals surface area contributed by atoms with Crippen molar-refractivity contribution in [2.24, 2.45) is 0 Å². The second-order valence-corrected chi connectivity index (χ2v) is 7.25. The zero-order valence-corrected chi connectivity index (χ0v) is 17.3. The van der Waals surface area contributed by atoms with Crippen LogP contribution in [0.3, 0.4) is 0 Å². The number of rotatable bonds is 7. The second kappa shape index (κ2) is 9.29. The van der Waals surface area contributed by atoms with E-state index >= 15 is 0 Å². The van der Waals surface area contributed by atoms with Crippen LogP contribution >= 0.6 is 0 Å². The molecule has 178 valence electrons. The van der Waals surface area contributed by atoms with Crippen LogP contribution in [0.25, 0.3) is 11.1 Å². The lowest BCUT2D eigenvalue weighted by Crippen LogP contribution is -2.46. The largest absolute Gasteiger partial charge is 0.573 e. The molecule has 1 N–H and O–H groups in total. The first kappa shape index (κ1) is 22.9. The number of nitro groups is 1. The maximum Gasteiger partial charge on any atom is 0.573 e. The molecule has 1 aromatic heterocycles. The first-order chi connectivity index (χ1) is 16.2. The molecule has 1 amide bonds. The molecule has 0 spiro atoms. The minimum atomic E-state index is -4.75. The quantitative estimate of drug-likeness (QED) is 0.409. The number of nitrogens with zero attached hydrogens (tertiary/aromatic N) is 3. The highest BCUT2D eigenvalue weighted by Crippen LogP contribution is 2.27. The Hall–Kier alpha value is -4.29. The highest BCUT2D eigenvalue weighted by molar-refractivity contribution is 5.78. The molecule has 0 radical (unpaired) electrons. The first-order valence-corrected chi connectivity index (χ1v) is 9.89. The van der Waals surface area contributed by atoms with E-state index in [1.54, 1.807) is 24.3 Å². The van der Waals surface area contributed by atoms with Gasteiger partial charge in [0.05, 0.1) is 12.6 Å². The number of amides is 1. The molecular weight excluding hydrogens is 461 g/mol. The van der Waals surface area contributed by atoms with Crippen molar-refractivity contribution < 1.29 is 37.1 Å². The van der Waals surface area contributed by atoms with Crippen molar-refractivity contribution in [1.82, 2.24) is 14.9 Å². The molecule has 2 aromatic carbocycles. The van der Waals surface area contributed by atoms with E-state index in [-0.39, 0.29) is 37.3 Å². The molecule has 2 heterocycles. The summed E-state index contributed by atoms with van der Waals surface area (Å²) >= 11 is 0. The molecule has 0 saturated heterocycles. The van der Waals surface area contributed by atoms with Gasteiger partial charge in [-0.15, -0.1) is 13.2 Å². The van der Waals surface area contributed by atoms with E-state index in [4.69, 9.17) is 9.47 Å². The average Bonchev–Trinajstić information content (AvgIpc) is 3.21. The number of hydrogen-bond donors (Lipinski definition) is 1. The Balaban J connectivity index is 1.27. The number of benzene rings is 2. The summed E-state index contributed by atoms with van der Waals surface area (Å²) in [5.41, 5.74) is 1.41. The van der Waals surface area contributed by atoms with E-state index in [1.807, 2.05) is 0 Å². The Morgan fingerprint density at radius 2 is 1.76 bits per heavy atom. The van der Waals surface area contributed by atoms with Gasteiger partial charge < -0.3 is 29.6 Å². The minimum Gasteiger partial charge on any atom is -0.484 e. The van der Waals surface area contributed by atoms with Crippen LogP contribution in [0.5, 0.6) is 17.5 Å². The number of fused-ring (bicyclic) bond motifs is 1. The number of hydrogen-bond acceptors (Lipinski definition) is 7. The Bertz CT molecular complexity index is 1180. The molecule has 13 heteroatoms. The molecule has 1 aliphatic rings. The molecule has 34 heavy (non-hydrogen) atoms. The van der Waals surface area contributed by atoms with Crippen LogP contribution in [0.2, 0.25) is 0 Å². The molecular formula is C21H17F3N4O6. The third-order valence-corrected chi connectivity index (χ3v) is 4.76. The molecule has 1 aliphatic heterocycles. The number of ether oxygens (including phenoxy) is 3. The summed E-state index contributed by atoms with van der Waals surface area (Å²) in [4.78, 5) is 26.1. The molecule has 4 rings (SSSR count). The molecule has 0 unspecified atom stereocenters. The van der Waals surface area contributed by atoms with Crippen molar-refractivity contribution in [3.05, 3.63) is 64.8 Å². The van der Waals surface area contributed by atoms with Crippen molar-refractivity contribution in [2.75, 3.05) is 13.2 Å². The van der Waals surface area contributed by atoms with Gasteiger partial charge in [-0.3, -0.25) is 9.36 Å². The lowest BCUT2D eigenvalue weighted by molar-refractivity contribution is -0.389. The topological polar surface area (TPSA) is 118 Å². The minimum absolute atomic E-state index is 0.113. The Morgan fingerprint density at radius 1 is 1.15 bits per heavy atom. The SMILES string of the molecule is O=C(COc1ccc(-c2ccc(OC(F)(F)F)cc2)cc1)N[C@@H]1COc2nc([N+](=O)[O-])cn2C1. The van der Waals surface area contributed by atoms with Gasteiger partial charge in [0.1, 0.15) is 24.3 Å². The van der Waals surface area contributed by atoms with Crippen molar-refractivity contribution in [3.63, 3.8) is 0 Å². The predicted molar refractivity (Wildman–Crippen MR) is 110 cm³/mol. The number of aromatic nitrogens is 2. The van der Waals surface area contributed by atoms with Gasteiger partial charge in [0.2, 0.25) is 0 Å². The van der Waals surface area contributed by atoms with Crippen molar-refractivity contribution in [3.8, 4) is 28.6 Å². The van der Waals surface area contributed by atoms with Gasteiger partial charge in [-0.05, 0) is 40.3 Å². The Kier molecular flexibility index (Phi) is 6.25. The standard InChI is InChI=1S/C21H17F3N4O6/c22-21(23,24)34-17-7-3-14(4-8-17)13-1-5-16(6-2-13)32-12-19(29)25-15-9-27-10-18(28(30)31)26-20(27)33-11-15/h1-8,10,15H,9,11-12H2,(H,25,29)/t15-/m0/s1. The summed E-state index contributed by atoms with van der Waals surface area (Å²) in [5.74, 6) is -0.633. The van der Waals surface area contributed by atoms with Crippen LogP contribution < -0.4 is 19.5 Å². The normalized spacial score (nSPS) is 15.1. The number of alkyl halides is 3. The molecule has 10 nitrogen and oxygen atoms in total. The second-order valence-electron chi connectivity index (χ2n) is 7.25. The summed E-state index contributed by atoms with van der Waals surface area (Å²) in [6.45, 7) is 0.112. The zero-order valence-electron chi connectivity index (χ0n) is 17.3. The molecule has 0 fully saturated rings. The van der Waals surface area contributed by atoms with Gasteiger partial charge >= 0.3 is 18.2 Å². The average molecular weight is 478 g/mol. The fraction of sp³-hybridized carbons (Fsp3) is 0.238. The third kappa shape index (κ3) is 5.74. The fourth-order valence-corrected chi connectivity index (χ4v) is 3.28. The van der Waals surface area contributed by atoms with Gasteiger partial charge in [0.25, 0.3) is 5.91 Å². The number of halogens is 3. The van der Waals surface area contributed by atoms with Crippen LogP contribution in [0, 0.1) is 10.1 Å². The molecule has 0 saturated carbocycles. The molecule has 1 atom stereocenters. The van der Waals surface area contributed by atoms with E-state index in [9.17, 15) is 28.1 Å². The van der Waals surface area contributed by atoms with Gasteiger partial charge in [0, 0.05) is 4.98 Å². The van der Waals surface area contributed by atoms with Gasteiger partial charge in [0.15, 0.2) is 6.61 Å². The Morgan fingerprint density at radius 3 is 2.35 bits per heavy atom. The lowest BCUT2D eigenvalue weighted by atomic mass is 10.1. The summed E-state index contributed by atoms with van der Waals surface area (Å²) in [6, 6.07) is 11.8. The smallest absolute Gasteiger partial charge is 0.484 e. The van der Waals surface area contributed by atoms with E-state index in [0.29, 0.717) is 11.3 Å². The number of carbonyl (C=O) groups excluding carboxylic acids is 1. The molecule has 3 aromatic rings. The maximum atomic E-state index is 12.3. The van der Waals surface area contributed by atoms with Crippen LogP contribution in [-0.4, -0.2) is 46.0 Å². The Labute approximate surface area is 190 Å². The monoisotopic (exact) mass is 478 g/mol. The summed E-state index contributed by atoms with van der Waals surface area (Å²) < 4.78 is 52.9. The van der Waals surface area contributed by atoms with E-state index < -0.39 is 23.2 Å². The summed E-state index contributed by atoms with van der Waals surface area (Å²) in [5, 5.41) is 13.5.